The predicted molar refractivity (Wildman–Crippen MR) is 59.0 cm³/mol. The minimum atomic E-state index is -1.12. The second-order valence-electron chi connectivity index (χ2n) is 3.64. The van der Waals surface area contributed by atoms with Crippen LogP contribution in [0.5, 0.6) is 0 Å². The maximum absolute atomic E-state index is 11.8. The van der Waals surface area contributed by atoms with Gasteiger partial charge in [0, 0.05) is 20.3 Å². The van der Waals surface area contributed by atoms with Crippen LogP contribution in [0.25, 0.3) is 0 Å². The molecular formula is C9H10N6O3. The van der Waals surface area contributed by atoms with E-state index in [0.717, 1.165) is 16.0 Å². The fourth-order valence-electron chi connectivity index (χ4n) is 1.47. The lowest BCUT2D eigenvalue weighted by atomic mass is 10.1. The third kappa shape index (κ3) is 1.85. The number of aromatic amines is 1. The molecule has 0 aliphatic carbocycles. The Bertz CT molecular complexity index is 498. The molecule has 4 amide bonds. The number of amides is 4. The number of nitrogens with zero attached hydrogens (tertiary/aromatic N) is 5. The Labute approximate surface area is 101 Å². The van der Waals surface area contributed by atoms with Crippen molar-refractivity contribution in [2.45, 2.75) is 0 Å². The number of urea groups is 1. The summed E-state index contributed by atoms with van der Waals surface area (Å²) in [5.41, 5.74) is 0. The number of carbonyl (C=O) groups excluding carboxylic acids is 3. The van der Waals surface area contributed by atoms with Crippen LogP contribution in [0.15, 0.2) is 11.3 Å². The van der Waals surface area contributed by atoms with E-state index in [4.69, 9.17) is 0 Å². The first-order chi connectivity index (χ1) is 8.52. The Balaban J connectivity index is 2.24. The van der Waals surface area contributed by atoms with Gasteiger partial charge in [-0.25, -0.2) is 14.9 Å². The zero-order valence-corrected chi connectivity index (χ0v) is 9.69. The summed E-state index contributed by atoms with van der Waals surface area (Å²) >= 11 is 0. The zero-order chi connectivity index (χ0) is 13.3. The van der Waals surface area contributed by atoms with E-state index >= 15 is 0 Å². The SMILES string of the molecule is CN1C(=O)C(/C=N/c2ncn[nH]2)C(=O)N(C)C1=O. The van der Waals surface area contributed by atoms with E-state index in [9.17, 15) is 14.4 Å². The van der Waals surface area contributed by atoms with Gasteiger partial charge in [-0.05, 0) is 0 Å². The van der Waals surface area contributed by atoms with Crippen LogP contribution in [0.4, 0.5) is 10.7 Å². The molecule has 18 heavy (non-hydrogen) atoms. The Kier molecular flexibility index (Phi) is 2.88. The molecule has 9 heteroatoms. The topological polar surface area (TPSA) is 112 Å². The Hall–Kier alpha value is -2.58. The minimum Gasteiger partial charge on any atom is -0.273 e. The summed E-state index contributed by atoms with van der Waals surface area (Å²) in [4.78, 5) is 44.3. The van der Waals surface area contributed by atoms with Crippen LogP contribution in [0.3, 0.4) is 0 Å². The number of nitrogens with one attached hydrogen (secondary N) is 1. The number of imide groups is 2. The molecule has 9 nitrogen and oxygen atoms in total. The molecule has 0 bridgehead atoms. The van der Waals surface area contributed by atoms with Gasteiger partial charge >= 0.3 is 6.03 Å². The molecule has 0 atom stereocenters. The number of rotatable bonds is 2. The maximum atomic E-state index is 11.8. The van der Waals surface area contributed by atoms with E-state index < -0.39 is 23.8 Å². The van der Waals surface area contributed by atoms with Crippen LogP contribution in [0.1, 0.15) is 0 Å². The van der Waals surface area contributed by atoms with Gasteiger partial charge in [0.2, 0.25) is 17.8 Å². The molecule has 0 spiro atoms. The van der Waals surface area contributed by atoms with E-state index in [-0.39, 0.29) is 5.95 Å². The first-order valence-electron chi connectivity index (χ1n) is 5.01. The summed E-state index contributed by atoms with van der Waals surface area (Å²) in [5.74, 6) is -2.18. The molecule has 1 aromatic heterocycles. The van der Waals surface area contributed by atoms with Crippen molar-refractivity contribution in [3.63, 3.8) is 0 Å². The molecule has 1 aliphatic heterocycles. The van der Waals surface area contributed by atoms with Crippen LogP contribution in [-0.2, 0) is 9.59 Å². The van der Waals surface area contributed by atoms with Gasteiger partial charge in [-0.1, -0.05) is 0 Å². The van der Waals surface area contributed by atoms with Crippen LogP contribution in [0, 0.1) is 5.92 Å². The third-order valence-corrected chi connectivity index (χ3v) is 2.52. The van der Waals surface area contributed by atoms with Crippen LogP contribution < -0.4 is 0 Å². The van der Waals surface area contributed by atoms with Crippen molar-refractivity contribution in [2.75, 3.05) is 14.1 Å². The number of barbiturate groups is 1. The summed E-state index contributed by atoms with van der Waals surface area (Å²) in [6.45, 7) is 0. The highest BCUT2D eigenvalue weighted by molar-refractivity contribution is 6.23. The number of aromatic nitrogens is 3. The largest absolute Gasteiger partial charge is 0.332 e. The molecular weight excluding hydrogens is 240 g/mol. The normalized spacial score (nSPS) is 18.2. The van der Waals surface area contributed by atoms with E-state index in [1.807, 2.05) is 0 Å². The lowest BCUT2D eigenvalue weighted by molar-refractivity contribution is -0.144. The number of hydrogen-bond donors (Lipinski definition) is 1. The number of carbonyl (C=O) groups is 3. The second kappa shape index (κ2) is 4.35. The Morgan fingerprint density at radius 2 is 1.89 bits per heavy atom. The summed E-state index contributed by atoms with van der Waals surface area (Å²) in [7, 11) is 2.62. The zero-order valence-electron chi connectivity index (χ0n) is 9.69. The van der Waals surface area contributed by atoms with Crippen molar-refractivity contribution < 1.29 is 14.4 Å². The van der Waals surface area contributed by atoms with E-state index in [2.05, 4.69) is 20.2 Å². The van der Waals surface area contributed by atoms with E-state index in [0.29, 0.717) is 0 Å². The quantitative estimate of drug-likeness (QED) is 0.544. The van der Waals surface area contributed by atoms with Crippen molar-refractivity contribution in [1.29, 1.82) is 0 Å². The molecule has 0 radical (unpaired) electrons. The second-order valence-corrected chi connectivity index (χ2v) is 3.64. The highest BCUT2D eigenvalue weighted by Crippen LogP contribution is 2.14. The molecule has 1 aliphatic rings. The van der Waals surface area contributed by atoms with Gasteiger partial charge in [-0.3, -0.25) is 19.4 Å². The lowest BCUT2D eigenvalue weighted by Gasteiger charge is -2.30. The van der Waals surface area contributed by atoms with Gasteiger partial charge in [-0.15, -0.1) is 0 Å². The average molecular weight is 250 g/mol. The van der Waals surface area contributed by atoms with E-state index in [1.165, 1.54) is 20.4 Å². The van der Waals surface area contributed by atoms with Crippen LogP contribution in [0.2, 0.25) is 0 Å². The highest BCUT2D eigenvalue weighted by atomic mass is 16.2. The first-order valence-corrected chi connectivity index (χ1v) is 5.01. The predicted octanol–water partition coefficient (Wildman–Crippen LogP) is -0.826. The van der Waals surface area contributed by atoms with E-state index in [1.54, 1.807) is 0 Å². The monoisotopic (exact) mass is 250 g/mol. The van der Waals surface area contributed by atoms with Gasteiger partial charge in [0.1, 0.15) is 6.33 Å². The van der Waals surface area contributed by atoms with Crippen molar-refractivity contribution in [2.24, 2.45) is 10.9 Å². The summed E-state index contributed by atoms with van der Waals surface area (Å²) in [5, 5.41) is 6.03. The maximum Gasteiger partial charge on any atom is 0.332 e. The van der Waals surface area contributed by atoms with Gasteiger partial charge in [0.05, 0.1) is 0 Å². The third-order valence-electron chi connectivity index (χ3n) is 2.52. The fraction of sp³-hybridized carbons (Fsp3) is 0.333. The summed E-state index contributed by atoms with van der Waals surface area (Å²) < 4.78 is 0. The van der Waals surface area contributed by atoms with Crippen molar-refractivity contribution >= 4 is 30.0 Å². The molecule has 0 aromatic carbocycles. The first kappa shape index (κ1) is 11.9. The molecule has 1 fully saturated rings. The van der Waals surface area contributed by atoms with Crippen molar-refractivity contribution in [3.8, 4) is 0 Å². The number of hydrogen-bond acceptors (Lipinski definition) is 6. The van der Waals surface area contributed by atoms with Crippen molar-refractivity contribution in [1.82, 2.24) is 25.0 Å². The molecule has 0 saturated carbocycles. The molecule has 1 N–H and O–H groups in total. The lowest BCUT2D eigenvalue weighted by Crippen LogP contribution is -2.57. The molecule has 2 rings (SSSR count). The number of H-pyrrole nitrogens is 1. The minimum absolute atomic E-state index is 0.179. The smallest absolute Gasteiger partial charge is 0.273 e. The highest BCUT2D eigenvalue weighted by Gasteiger charge is 2.41. The molecule has 1 saturated heterocycles. The molecule has 1 aromatic rings. The number of aliphatic imine (C=N–C) groups is 1. The summed E-state index contributed by atoms with van der Waals surface area (Å²) in [6, 6.07) is -0.658. The van der Waals surface area contributed by atoms with Gasteiger partial charge in [-0.2, -0.15) is 10.1 Å². The van der Waals surface area contributed by atoms with Crippen LogP contribution in [-0.4, -0.2) is 63.1 Å². The molecule has 0 unspecified atom stereocenters. The summed E-state index contributed by atoms with van der Waals surface area (Å²) in [6.07, 6.45) is 2.39. The molecule has 2 heterocycles. The fourth-order valence-corrected chi connectivity index (χ4v) is 1.47. The molecule has 94 valence electrons. The van der Waals surface area contributed by atoms with Crippen LogP contribution >= 0.6 is 0 Å². The Morgan fingerprint density at radius 1 is 1.28 bits per heavy atom. The van der Waals surface area contributed by atoms with Gasteiger partial charge < -0.3 is 0 Å². The van der Waals surface area contributed by atoms with Crippen molar-refractivity contribution in [3.05, 3.63) is 6.33 Å². The Morgan fingerprint density at radius 3 is 2.39 bits per heavy atom. The standard InChI is InChI=1S/C9H10N6O3/c1-14-6(16)5(7(17)15(2)9(14)18)3-10-8-11-4-12-13-8/h3-5H,1-2H3,(H,11,12,13)/b10-3+. The van der Waals surface area contributed by atoms with Gasteiger partial charge in [0.25, 0.3) is 0 Å². The average Bonchev–Trinajstić information content (AvgIpc) is 2.87. The van der Waals surface area contributed by atoms with Gasteiger partial charge in [0.15, 0.2) is 5.92 Å².